The molecule has 0 spiro atoms. The predicted octanol–water partition coefficient (Wildman–Crippen LogP) is 2.05. The number of hydrogen-bond donors (Lipinski definition) is 2. The molecule has 0 aliphatic rings. The third kappa shape index (κ3) is 4.19. The summed E-state index contributed by atoms with van der Waals surface area (Å²) >= 11 is 1.24. The smallest absolute Gasteiger partial charge is 0.227 e. The second-order valence-corrected chi connectivity index (χ2v) is 6.18. The van der Waals surface area contributed by atoms with Crippen LogP contribution < -0.4 is 11.1 Å². The Hall–Kier alpha value is -1.27. The van der Waals surface area contributed by atoms with Gasteiger partial charge >= 0.3 is 0 Å². The molecule has 0 saturated heterocycles. The van der Waals surface area contributed by atoms with Gasteiger partial charge in [0.1, 0.15) is 5.69 Å². The van der Waals surface area contributed by atoms with Crippen molar-refractivity contribution < 1.29 is 9.59 Å². The third-order valence-electron chi connectivity index (χ3n) is 2.63. The largest absolute Gasteiger partial charge is 0.327 e. The first-order chi connectivity index (χ1) is 8.20. The molecule has 1 aromatic heterocycles. The molecule has 5 nitrogen and oxygen atoms in total. The molecule has 1 unspecified atom stereocenters. The summed E-state index contributed by atoms with van der Waals surface area (Å²) in [6, 6.07) is -0.218. The van der Waals surface area contributed by atoms with Gasteiger partial charge in [-0.1, -0.05) is 20.8 Å². The van der Waals surface area contributed by atoms with Gasteiger partial charge in [0.25, 0.3) is 0 Å². The number of rotatable bonds is 4. The molecule has 1 amide bonds. The molecule has 0 bridgehead atoms. The van der Waals surface area contributed by atoms with Crippen LogP contribution in [0.4, 0.5) is 5.13 Å². The van der Waals surface area contributed by atoms with Crippen molar-refractivity contribution in [2.24, 2.45) is 11.1 Å². The lowest BCUT2D eigenvalue weighted by molar-refractivity contribution is -0.117. The second kappa shape index (κ2) is 5.58. The van der Waals surface area contributed by atoms with Gasteiger partial charge in [-0.15, -0.1) is 11.3 Å². The van der Waals surface area contributed by atoms with Crippen LogP contribution in [0.15, 0.2) is 5.38 Å². The highest BCUT2D eigenvalue weighted by Gasteiger charge is 2.23. The molecule has 1 heterocycles. The molecule has 6 heteroatoms. The van der Waals surface area contributed by atoms with E-state index in [2.05, 4.69) is 10.3 Å². The molecule has 1 aromatic rings. The van der Waals surface area contributed by atoms with Crippen molar-refractivity contribution in [3.8, 4) is 0 Å². The molecule has 1 rings (SSSR count). The number of anilines is 1. The second-order valence-electron chi connectivity index (χ2n) is 5.32. The number of amides is 1. The summed E-state index contributed by atoms with van der Waals surface area (Å²) in [6.45, 7) is 7.41. The summed E-state index contributed by atoms with van der Waals surface area (Å²) in [7, 11) is 0. The number of carbonyl (C=O) groups is 2. The predicted molar refractivity (Wildman–Crippen MR) is 72.8 cm³/mol. The quantitative estimate of drug-likeness (QED) is 0.819. The highest BCUT2D eigenvalue weighted by Crippen LogP contribution is 2.21. The van der Waals surface area contributed by atoms with Crippen molar-refractivity contribution in [3.63, 3.8) is 0 Å². The molecule has 0 aliphatic heterocycles. The molecule has 0 aliphatic carbocycles. The number of aromatic nitrogens is 1. The Morgan fingerprint density at radius 3 is 2.56 bits per heavy atom. The first-order valence-electron chi connectivity index (χ1n) is 5.72. The SMILES string of the molecule is CC(=O)c1csc(NC(=O)CC(N)C(C)(C)C)n1. The zero-order chi connectivity index (χ0) is 13.9. The van der Waals surface area contributed by atoms with Crippen LogP contribution in [-0.4, -0.2) is 22.7 Å². The highest BCUT2D eigenvalue weighted by molar-refractivity contribution is 7.14. The molecule has 0 saturated carbocycles. The van der Waals surface area contributed by atoms with Gasteiger partial charge in [-0.05, 0) is 5.41 Å². The lowest BCUT2D eigenvalue weighted by Crippen LogP contribution is -2.38. The van der Waals surface area contributed by atoms with Gasteiger partial charge in [0, 0.05) is 24.8 Å². The molecule has 3 N–H and O–H groups in total. The number of nitrogens with one attached hydrogen (secondary N) is 1. The number of hydrogen-bond acceptors (Lipinski definition) is 5. The molecule has 0 fully saturated rings. The molecule has 0 aromatic carbocycles. The Morgan fingerprint density at radius 2 is 2.11 bits per heavy atom. The van der Waals surface area contributed by atoms with Crippen molar-refractivity contribution in [1.82, 2.24) is 4.98 Å². The van der Waals surface area contributed by atoms with Crippen LogP contribution in [0.25, 0.3) is 0 Å². The van der Waals surface area contributed by atoms with E-state index in [1.807, 2.05) is 20.8 Å². The van der Waals surface area contributed by atoms with Gasteiger partial charge < -0.3 is 11.1 Å². The van der Waals surface area contributed by atoms with E-state index in [1.165, 1.54) is 18.3 Å². The van der Waals surface area contributed by atoms with Gasteiger partial charge in [0.15, 0.2) is 10.9 Å². The monoisotopic (exact) mass is 269 g/mol. The fourth-order valence-corrected chi connectivity index (χ4v) is 1.93. The van der Waals surface area contributed by atoms with Crippen LogP contribution in [0.3, 0.4) is 0 Å². The maximum absolute atomic E-state index is 11.7. The number of carbonyl (C=O) groups excluding carboxylic acids is 2. The summed E-state index contributed by atoms with van der Waals surface area (Å²) in [4.78, 5) is 26.8. The first-order valence-corrected chi connectivity index (χ1v) is 6.60. The molecular weight excluding hydrogens is 250 g/mol. The van der Waals surface area contributed by atoms with Gasteiger partial charge in [-0.25, -0.2) is 4.98 Å². The Labute approximate surface area is 111 Å². The fourth-order valence-electron chi connectivity index (χ4n) is 1.17. The van der Waals surface area contributed by atoms with E-state index in [-0.39, 0.29) is 29.6 Å². The van der Waals surface area contributed by atoms with Gasteiger partial charge in [0.2, 0.25) is 5.91 Å². The van der Waals surface area contributed by atoms with Crippen LogP contribution in [0.2, 0.25) is 0 Å². The normalized spacial score (nSPS) is 13.2. The standard InChI is InChI=1S/C12H19N3O2S/c1-7(16)8-6-18-11(14-8)15-10(17)5-9(13)12(2,3)4/h6,9H,5,13H2,1-4H3,(H,14,15,17). The van der Waals surface area contributed by atoms with Crippen molar-refractivity contribution in [3.05, 3.63) is 11.1 Å². The van der Waals surface area contributed by atoms with Crippen LogP contribution in [0.5, 0.6) is 0 Å². The van der Waals surface area contributed by atoms with Crippen molar-refractivity contribution >= 4 is 28.2 Å². The van der Waals surface area contributed by atoms with E-state index in [1.54, 1.807) is 5.38 Å². The van der Waals surface area contributed by atoms with E-state index >= 15 is 0 Å². The summed E-state index contributed by atoms with van der Waals surface area (Å²) in [5.41, 5.74) is 6.18. The Morgan fingerprint density at radius 1 is 1.50 bits per heavy atom. The van der Waals surface area contributed by atoms with E-state index in [4.69, 9.17) is 5.73 Å². The third-order valence-corrected chi connectivity index (χ3v) is 3.39. The summed E-state index contributed by atoms with van der Waals surface area (Å²) in [5, 5.41) is 4.72. The van der Waals surface area contributed by atoms with Gasteiger partial charge in [-0.2, -0.15) is 0 Å². The summed E-state index contributed by atoms with van der Waals surface area (Å²) in [6.07, 6.45) is 0.235. The van der Waals surface area contributed by atoms with Gasteiger partial charge in [0.05, 0.1) is 0 Å². The molecule has 18 heavy (non-hydrogen) atoms. The minimum atomic E-state index is -0.218. The average molecular weight is 269 g/mol. The number of ketones is 1. The summed E-state index contributed by atoms with van der Waals surface area (Å²) < 4.78 is 0. The van der Waals surface area contributed by atoms with Crippen LogP contribution in [0.1, 0.15) is 44.6 Å². The minimum absolute atomic E-state index is 0.113. The topological polar surface area (TPSA) is 85.1 Å². The lowest BCUT2D eigenvalue weighted by atomic mass is 9.85. The number of Topliss-reactive ketones (excluding diaryl/α,β-unsaturated/α-hetero) is 1. The van der Waals surface area contributed by atoms with Crippen LogP contribution in [-0.2, 0) is 4.79 Å². The van der Waals surface area contributed by atoms with Crippen molar-refractivity contribution in [2.45, 2.75) is 40.2 Å². The van der Waals surface area contributed by atoms with Crippen molar-refractivity contribution in [1.29, 1.82) is 0 Å². The number of nitrogens with zero attached hydrogens (tertiary/aromatic N) is 1. The van der Waals surface area contributed by atoms with Gasteiger partial charge in [-0.3, -0.25) is 9.59 Å². The van der Waals surface area contributed by atoms with E-state index < -0.39 is 0 Å². The summed E-state index contributed by atoms with van der Waals surface area (Å²) in [5.74, 6) is -0.292. The fraction of sp³-hybridized carbons (Fsp3) is 0.583. The van der Waals surface area contributed by atoms with Crippen LogP contribution in [0, 0.1) is 5.41 Å². The highest BCUT2D eigenvalue weighted by atomic mass is 32.1. The Bertz CT molecular complexity index is 448. The molecule has 1 atom stereocenters. The minimum Gasteiger partial charge on any atom is -0.327 e. The number of thiazole rings is 1. The van der Waals surface area contributed by atoms with Crippen LogP contribution >= 0.6 is 11.3 Å². The molecule has 0 radical (unpaired) electrons. The molecule has 100 valence electrons. The molecular formula is C12H19N3O2S. The number of nitrogens with two attached hydrogens (primary N) is 1. The average Bonchev–Trinajstić information content (AvgIpc) is 2.64. The van der Waals surface area contributed by atoms with E-state index in [0.717, 1.165) is 0 Å². The Balaban J connectivity index is 2.57. The maximum Gasteiger partial charge on any atom is 0.227 e. The van der Waals surface area contributed by atoms with E-state index in [0.29, 0.717) is 10.8 Å². The maximum atomic E-state index is 11.7. The zero-order valence-corrected chi connectivity index (χ0v) is 11.9. The van der Waals surface area contributed by atoms with E-state index in [9.17, 15) is 9.59 Å². The zero-order valence-electron chi connectivity index (χ0n) is 11.1. The van der Waals surface area contributed by atoms with Crippen molar-refractivity contribution in [2.75, 3.05) is 5.32 Å². The lowest BCUT2D eigenvalue weighted by Gasteiger charge is -2.26. The Kier molecular flexibility index (Phi) is 4.59. The first kappa shape index (κ1) is 14.8.